The first-order valence-electron chi connectivity index (χ1n) is 9.74. The number of nitrogens with zero attached hydrogens (tertiary/aromatic N) is 2. The van der Waals surface area contributed by atoms with Crippen LogP contribution in [0.3, 0.4) is 0 Å². The summed E-state index contributed by atoms with van der Waals surface area (Å²) in [4.78, 5) is 25.3. The number of ether oxygens (including phenoxy) is 1. The standard InChI is InChI=1S/C22H21ClN4O3/c1-2-30-19-13-24-27(18-11-5-15(23)6-12-18)22(29)20(19)25-16-7-3-14(4-8-16)21(28)26-17-9-10-17/h3-8,11-13,17,25H,2,9-10H2,1H3,(H,26,28). The number of anilines is 2. The maximum Gasteiger partial charge on any atom is 0.299 e. The van der Waals surface area contributed by atoms with Gasteiger partial charge in [0.2, 0.25) is 0 Å². The summed E-state index contributed by atoms with van der Waals surface area (Å²) in [6.45, 7) is 2.23. The van der Waals surface area contributed by atoms with Crippen LogP contribution >= 0.6 is 11.6 Å². The quantitative estimate of drug-likeness (QED) is 0.600. The highest BCUT2D eigenvalue weighted by molar-refractivity contribution is 6.30. The van der Waals surface area contributed by atoms with Crippen molar-refractivity contribution in [2.24, 2.45) is 0 Å². The van der Waals surface area contributed by atoms with Crippen LogP contribution in [-0.2, 0) is 0 Å². The minimum Gasteiger partial charge on any atom is -0.490 e. The molecule has 1 aliphatic rings. The van der Waals surface area contributed by atoms with Crippen molar-refractivity contribution in [1.29, 1.82) is 0 Å². The molecule has 154 valence electrons. The molecule has 0 spiro atoms. The second kappa shape index (κ2) is 8.59. The van der Waals surface area contributed by atoms with E-state index in [1.54, 1.807) is 48.5 Å². The first kappa shape index (κ1) is 20.0. The first-order chi connectivity index (χ1) is 14.5. The normalized spacial score (nSPS) is 13.0. The highest BCUT2D eigenvalue weighted by atomic mass is 35.5. The summed E-state index contributed by atoms with van der Waals surface area (Å²) >= 11 is 5.94. The molecule has 3 aromatic rings. The van der Waals surface area contributed by atoms with E-state index in [-0.39, 0.29) is 17.2 Å². The van der Waals surface area contributed by atoms with Gasteiger partial charge in [-0.3, -0.25) is 9.59 Å². The van der Waals surface area contributed by atoms with Crippen LogP contribution in [-0.4, -0.2) is 28.3 Å². The number of carbonyl (C=O) groups excluding carboxylic acids is 1. The van der Waals surface area contributed by atoms with Gasteiger partial charge in [0.1, 0.15) is 0 Å². The summed E-state index contributed by atoms with van der Waals surface area (Å²) in [7, 11) is 0. The zero-order chi connectivity index (χ0) is 21.1. The molecule has 1 amide bonds. The zero-order valence-electron chi connectivity index (χ0n) is 16.4. The van der Waals surface area contributed by atoms with Gasteiger partial charge in [0.25, 0.3) is 11.5 Å². The molecule has 8 heteroatoms. The molecule has 1 aromatic heterocycles. The second-order valence-corrected chi connectivity index (χ2v) is 7.40. The molecule has 1 heterocycles. The number of rotatable bonds is 7. The minimum atomic E-state index is -0.362. The molecule has 0 bridgehead atoms. The van der Waals surface area contributed by atoms with Crippen molar-refractivity contribution < 1.29 is 9.53 Å². The van der Waals surface area contributed by atoms with Crippen LogP contribution in [0.4, 0.5) is 11.4 Å². The fourth-order valence-corrected chi connectivity index (χ4v) is 3.06. The molecule has 2 N–H and O–H groups in total. The topological polar surface area (TPSA) is 85.2 Å². The van der Waals surface area contributed by atoms with E-state index in [9.17, 15) is 9.59 Å². The molecular formula is C22H21ClN4O3. The maximum absolute atomic E-state index is 13.1. The molecule has 7 nitrogen and oxygen atoms in total. The van der Waals surface area contributed by atoms with E-state index in [1.807, 2.05) is 6.92 Å². The van der Waals surface area contributed by atoms with Crippen molar-refractivity contribution >= 4 is 28.9 Å². The number of aromatic nitrogens is 2. The lowest BCUT2D eigenvalue weighted by atomic mass is 10.2. The summed E-state index contributed by atoms with van der Waals surface area (Å²) < 4.78 is 6.87. The van der Waals surface area contributed by atoms with Gasteiger partial charge in [-0.2, -0.15) is 9.78 Å². The lowest BCUT2D eigenvalue weighted by molar-refractivity contribution is 0.0951. The number of carbonyl (C=O) groups is 1. The van der Waals surface area contributed by atoms with E-state index < -0.39 is 0 Å². The molecule has 0 unspecified atom stereocenters. The summed E-state index contributed by atoms with van der Waals surface area (Å²) in [5.74, 6) is 0.260. The van der Waals surface area contributed by atoms with Crippen LogP contribution in [0.1, 0.15) is 30.1 Å². The molecule has 0 aliphatic heterocycles. The molecule has 4 rings (SSSR count). The average molecular weight is 425 g/mol. The largest absolute Gasteiger partial charge is 0.490 e. The Morgan fingerprint density at radius 2 is 1.87 bits per heavy atom. The van der Waals surface area contributed by atoms with Gasteiger partial charge < -0.3 is 15.4 Å². The molecule has 1 saturated carbocycles. The van der Waals surface area contributed by atoms with Crippen LogP contribution in [0.15, 0.2) is 59.5 Å². The highest BCUT2D eigenvalue weighted by Crippen LogP contribution is 2.25. The lowest BCUT2D eigenvalue weighted by Gasteiger charge is -2.14. The van der Waals surface area contributed by atoms with Gasteiger partial charge in [-0.05, 0) is 68.3 Å². The minimum absolute atomic E-state index is 0.0898. The number of halogens is 1. The predicted molar refractivity (Wildman–Crippen MR) is 116 cm³/mol. The van der Waals surface area contributed by atoms with Crippen molar-refractivity contribution in [3.8, 4) is 11.4 Å². The molecule has 30 heavy (non-hydrogen) atoms. The Hall–Kier alpha value is -3.32. The monoisotopic (exact) mass is 424 g/mol. The van der Waals surface area contributed by atoms with E-state index in [4.69, 9.17) is 16.3 Å². The number of amides is 1. The van der Waals surface area contributed by atoms with E-state index >= 15 is 0 Å². The van der Waals surface area contributed by atoms with E-state index in [0.29, 0.717) is 40.4 Å². The number of hydrogen-bond donors (Lipinski definition) is 2. The van der Waals surface area contributed by atoms with Crippen LogP contribution in [0.5, 0.6) is 5.75 Å². The van der Waals surface area contributed by atoms with Gasteiger partial charge >= 0.3 is 0 Å². The summed E-state index contributed by atoms with van der Waals surface area (Å²) in [6, 6.07) is 14.1. The highest BCUT2D eigenvalue weighted by Gasteiger charge is 2.23. The van der Waals surface area contributed by atoms with E-state index in [2.05, 4.69) is 15.7 Å². The summed E-state index contributed by atoms with van der Waals surface area (Å²) in [5.41, 5.74) is 1.72. The van der Waals surface area contributed by atoms with Crippen LogP contribution in [0.25, 0.3) is 5.69 Å². The lowest BCUT2D eigenvalue weighted by Crippen LogP contribution is -2.25. The predicted octanol–water partition coefficient (Wildman–Crippen LogP) is 3.92. The molecular weight excluding hydrogens is 404 g/mol. The Labute approximate surface area is 178 Å². The Bertz CT molecular complexity index is 1110. The molecule has 2 aromatic carbocycles. The number of nitrogens with one attached hydrogen (secondary N) is 2. The average Bonchev–Trinajstić information content (AvgIpc) is 3.56. The van der Waals surface area contributed by atoms with Gasteiger partial charge in [0.15, 0.2) is 11.4 Å². The first-order valence-corrected chi connectivity index (χ1v) is 10.1. The molecule has 0 atom stereocenters. The molecule has 1 aliphatic carbocycles. The SMILES string of the molecule is CCOc1cnn(-c2ccc(Cl)cc2)c(=O)c1Nc1ccc(C(=O)NC2CC2)cc1. The van der Waals surface area contributed by atoms with Crippen LogP contribution in [0.2, 0.25) is 5.02 Å². The van der Waals surface area contributed by atoms with Crippen molar-refractivity contribution in [2.45, 2.75) is 25.8 Å². The third-order valence-corrected chi connectivity index (χ3v) is 4.90. The fourth-order valence-electron chi connectivity index (χ4n) is 2.93. The van der Waals surface area contributed by atoms with Gasteiger partial charge in [0.05, 0.1) is 18.5 Å². The second-order valence-electron chi connectivity index (χ2n) is 6.96. The Balaban J connectivity index is 1.63. The van der Waals surface area contributed by atoms with Crippen LogP contribution in [0, 0.1) is 0 Å². The van der Waals surface area contributed by atoms with Gasteiger partial charge in [0, 0.05) is 22.3 Å². The Morgan fingerprint density at radius 1 is 1.17 bits per heavy atom. The van der Waals surface area contributed by atoms with Crippen molar-refractivity contribution in [3.63, 3.8) is 0 Å². The maximum atomic E-state index is 13.1. The van der Waals surface area contributed by atoms with Crippen molar-refractivity contribution in [2.75, 3.05) is 11.9 Å². The van der Waals surface area contributed by atoms with Crippen molar-refractivity contribution in [1.82, 2.24) is 15.1 Å². The van der Waals surface area contributed by atoms with Crippen molar-refractivity contribution in [3.05, 3.63) is 75.7 Å². The van der Waals surface area contributed by atoms with Gasteiger partial charge in [-0.15, -0.1) is 0 Å². The molecule has 1 fully saturated rings. The Morgan fingerprint density at radius 3 is 2.50 bits per heavy atom. The molecule has 0 saturated heterocycles. The van der Waals surface area contributed by atoms with Gasteiger partial charge in [-0.25, -0.2) is 0 Å². The summed E-state index contributed by atoms with van der Waals surface area (Å²) in [6.07, 6.45) is 3.57. The van der Waals surface area contributed by atoms with Crippen LogP contribution < -0.4 is 20.9 Å². The van der Waals surface area contributed by atoms with E-state index in [1.165, 1.54) is 10.9 Å². The summed E-state index contributed by atoms with van der Waals surface area (Å²) in [5, 5.41) is 10.8. The third-order valence-electron chi connectivity index (χ3n) is 4.64. The Kier molecular flexibility index (Phi) is 5.72. The molecule has 0 radical (unpaired) electrons. The third kappa shape index (κ3) is 4.46. The smallest absolute Gasteiger partial charge is 0.299 e. The van der Waals surface area contributed by atoms with E-state index in [0.717, 1.165) is 12.8 Å². The zero-order valence-corrected chi connectivity index (χ0v) is 17.1. The number of benzene rings is 2. The van der Waals surface area contributed by atoms with Gasteiger partial charge in [-0.1, -0.05) is 11.6 Å². The number of hydrogen-bond acceptors (Lipinski definition) is 5. The fraction of sp³-hybridized carbons (Fsp3) is 0.227.